The van der Waals surface area contributed by atoms with Crippen molar-refractivity contribution < 1.29 is 23.8 Å². The highest BCUT2D eigenvalue weighted by atomic mass is 19.1. The van der Waals surface area contributed by atoms with Crippen molar-refractivity contribution in [2.45, 2.75) is 19.6 Å². The first-order valence-electron chi connectivity index (χ1n) is 12.7. The molecule has 0 atom stereocenters. The molecule has 2 heterocycles. The average molecular weight is 552 g/mol. The number of rotatable bonds is 10. The molecule has 0 saturated heterocycles. The smallest absolute Gasteiger partial charge is 0.335 e. The summed E-state index contributed by atoms with van der Waals surface area (Å²) in [6, 6.07) is 21.9. The van der Waals surface area contributed by atoms with Crippen molar-refractivity contribution >= 4 is 22.7 Å². The van der Waals surface area contributed by atoms with Gasteiger partial charge >= 0.3 is 5.97 Å². The highest BCUT2D eigenvalue weighted by Crippen LogP contribution is 2.29. The van der Waals surface area contributed by atoms with Crippen LogP contribution in [0.2, 0.25) is 0 Å². The molecule has 0 spiro atoms. The van der Waals surface area contributed by atoms with E-state index in [0.29, 0.717) is 53.5 Å². The standard InChI is InChI=1S/C31H26FN5O4/c1-40-12-11-37-28-16-21(31(38)39)8-10-27(28)35-29(37)15-19-6-9-23(25(34)14-19)26-3-2-4-30(36-26)41-18-22-7-5-20(17-33)13-24(22)32/h2-10,13-14,16H,11-12,15,18,34H2,1H3,(H,38,39). The number of nitriles is 1. The van der Waals surface area contributed by atoms with Crippen LogP contribution in [0.1, 0.15) is 32.9 Å². The van der Waals surface area contributed by atoms with Crippen LogP contribution in [0.25, 0.3) is 22.3 Å². The molecular weight excluding hydrogens is 525 g/mol. The van der Waals surface area contributed by atoms with Gasteiger partial charge in [0.05, 0.1) is 40.5 Å². The number of carbonyl (C=O) groups is 1. The van der Waals surface area contributed by atoms with E-state index in [1.54, 1.807) is 37.4 Å². The van der Waals surface area contributed by atoms with Gasteiger partial charge in [-0.15, -0.1) is 0 Å². The number of nitrogen functional groups attached to an aromatic ring is 1. The van der Waals surface area contributed by atoms with Crippen LogP contribution >= 0.6 is 0 Å². The summed E-state index contributed by atoms with van der Waals surface area (Å²) in [4.78, 5) is 20.8. The lowest BCUT2D eigenvalue weighted by Crippen LogP contribution is -2.09. The van der Waals surface area contributed by atoms with E-state index in [2.05, 4.69) is 4.98 Å². The molecule has 10 heteroatoms. The van der Waals surface area contributed by atoms with Gasteiger partial charge in [-0.1, -0.05) is 24.3 Å². The number of hydrogen-bond acceptors (Lipinski definition) is 7. The van der Waals surface area contributed by atoms with Gasteiger partial charge in [0.2, 0.25) is 5.88 Å². The molecule has 2 aromatic heterocycles. The zero-order valence-corrected chi connectivity index (χ0v) is 22.2. The number of imidazole rings is 1. The second-order valence-electron chi connectivity index (χ2n) is 9.35. The normalized spacial score (nSPS) is 11.0. The van der Waals surface area contributed by atoms with Crippen molar-refractivity contribution in [2.75, 3.05) is 19.5 Å². The highest BCUT2D eigenvalue weighted by Gasteiger charge is 2.15. The summed E-state index contributed by atoms with van der Waals surface area (Å²) in [5.74, 6) is -0.448. The quantitative estimate of drug-likeness (QED) is 0.226. The van der Waals surface area contributed by atoms with Crippen LogP contribution in [0.15, 0.2) is 72.8 Å². The fourth-order valence-electron chi connectivity index (χ4n) is 4.54. The number of benzene rings is 3. The zero-order valence-electron chi connectivity index (χ0n) is 22.2. The molecule has 0 aliphatic heterocycles. The predicted molar refractivity (Wildman–Crippen MR) is 151 cm³/mol. The summed E-state index contributed by atoms with van der Waals surface area (Å²) in [6.07, 6.45) is 0.470. The number of carboxylic acid groups (broad SMARTS) is 1. The Morgan fingerprint density at radius 3 is 2.68 bits per heavy atom. The number of ether oxygens (including phenoxy) is 2. The van der Waals surface area contributed by atoms with E-state index < -0.39 is 11.8 Å². The van der Waals surface area contributed by atoms with Crippen LogP contribution in [0.5, 0.6) is 5.88 Å². The van der Waals surface area contributed by atoms with Gasteiger partial charge in [-0.3, -0.25) is 0 Å². The van der Waals surface area contributed by atoms with Crippen molar-refractivity contribution in [3.63, 3.8) is 0 Å². The maximum absolute atomic E-state index is 14.2. The van der Waals surface area contributed by atoms with Crippen molar-refractivity contribution in [2.24, 2.45) is 0 Å². The molecule has 5 aromatic rings. The molecule has 0 radical (unpaired) electrons. The van der Waals surface area contributed by atoms with Gasteiger partial charge in [0.1, 0.15) is 18.2 Å². The summed E-state index contributed by atoms with van der Waals surface area (Å²) in [5.41, 5.74) is 11.4. The molecule has 0 unspecified atom stereocenters. The number of nitrogens with two attached hydrogens (primary N) is 1. The van der Waals surface area contributed by atoms with Crippen molar-refractivity contribution in [1.29, 1.82) is 5.26 Å². The lowest BCUT2D eigenvalue weighted by Gasteiger charge is -2.12. The molecule has 0 saturated carbocycles. The Balaban J connectivity index is 1.36. The molecule has 0 bridgehead atoms. The van der Waals surface area contributed by atoms with Gasteiger partial charge in [0.25, 0.3) is 0 Å². The maximum Gasteiger partial charge on any atom is 0.335 e. The second kappa shape index (κ2) is 11.9. The van der Waals surface area contributed by atoms with Crippen LogP contribution < -0.4 is 10.5 Å². The Morgan fingerprint density at radius 2 is 1.95 bits per heavy atom. The number of aromatic carboxylic acids is 1. The second-order valence-corrected chi connectivity index (χ2v) is 9.35. The van der Waals surface area contributed by atoms with Gasteiger partial charge in [0, 0.05) is 43.0 Å². The third-order valence-corrected chi connectivity index (χ3v) is 6.63. The molecule has 0 fully saturated rings. The minimum atomic E-state index is -0.999. The first kappa shape index (κ1) is 27.3. The van der Waals surface area contributed by atoms with E-state index in [4.69, 9.17) is 25.5 Å². The molecule has 3 N–H and O–H groups in total. The van der Waals surface area contributed by atoms with Crippen LogP contribution in [0, 0.1) is 17.1 Å². The molecule has 3 aromatic carbocycles. The van der Waals surface area contributed by atoms with E-state index in [1.165, 1.54) is 18.2 Å². The van der Waals surface area contributed by atoms with Gasteiger partial charge in [-0.2, -0.15) is 5.26 Å². The number of halogens is 1. The Kier molecular flexibility index (Phi) is 7.90. The maximum atomic E-state index is 14.2. The average Bonchev–Trinajstić information content (AvgIpc) is 3.31. The summed E-state index contributed by atoms with van der Waals surface area (Å²) in [7, 11) is 1.61. The van der Waals surface area contributed by atoms with Crippen molar-refractivity contribution in [1.82, 2.24) is 14.5 Å². The van der Waals surface area contributed by atoms with Gasteiger partial charge in [-0.25, -0.2) is 19.2 Å². The fraction of sp³-hybridized carbons (Fsp3) is 0.161. The highest BCUT2D eigenvalue weighted by molar-refractivity contribution is 5.92. The van der Waals surface area contributed by atoms with Gasteiger partial charge < -0.3 is 24.9 Å². The topological polar surface area (TPSA) is 136 Å². The summed E-state index contributed by atoms with van der Waals surface area (Å²) in [5, 5.41) is 18.3. The Bertz CT molecular complexity index is 1790. The van der Waals surface area contributed by atoms with E-state index in [0.717, 1.165) is 16.9 Å². The van der Waals surface area contributed by atoms with E-state index in [-0.39, 0.29) is 17.7 Å². The third-order valence-electron chi connectivity index (χ3n) is 6.63. The third kappa shape index (κ3) is 6.00. The van der Waals surface area contributed by atoms with Crippen LogP contribution in [-0.4, -0.2) is 39.3 Å². The molecule has 206 valence electrons. The molecule has 0 aliphatic rings. The van der Waals surface area contributed by atoms with Crippen LogP contribution in [0.4, 0.5) is 10.1 Å². The van der Waals surface area contributed by atoms with Crippen LogP contribution in [-0.2, 0) is 24.3 Å². The Morgan fingerprint density at radius 1 is 1.10 bits per heavy atom. The number of anilines is 1. The number of methoxy groups -OCH3 is 1. The minimum absolute atomic E-state index is 0.0412. The summed E-state index contributed by atoms with van der Waals surface area (Å²) in [6.45, 7) is 0.918. The molecule has 0 amide bonds. The minimum Gasteiger partial charge on any atom is -0.478 e. The number of pyridine rings is 1. The lowest BCUT2D eigenvalue weighted by atomic mass is 10.0. The molecule has 9 nitrogen and oxygen atoms in total. The zero-order chi connectivity index (χ0) is 28.9. The Labute approximate surface area is 235 Å². The summed E-state index contributed by atoms with van der Waals surface area (Å²) >= 11 is 0. The predicted octanol–water partition coefficient (Wildman–Crippen LogP) is 5.21. The SMILES string of the molecule is COCCn1c(Cc2ccc(-c3cccc(OCc4ccc(C#N)cc4F)n3)c(N)c2)nc2ccc(C(=O)O)cc21. The monoisotopic (exact) mass is 551 g/mol. The van der Waals surface area contributed by atoms with Gasteiger partial charge in [-0.05, 0) is 48.0 Å². The molecule has 0 aliphatic carbocycles. The number of hydrogen-bond donors (Lipinski definition) is 2. The Hall–Kier alpha value is -5.27. The van der Waals surface area contributed by atoms with Crippen LogP contribution in [0.3, 0.4) is 0 Å². The number of nitrogens with zero attached hydrogens (tertiary/aromatic N) is 4. The number of carboxylic acids is 1. The fourth-order valence-corrected chi connectivity index (χ4v) is 4.54. The molecular formula is C31H26FN5O4. The van der Waals surface area contributed by atoms with Gasteiger partial charge in [0.15, 0.2) is 0 Å². The first-order valence-corrected chi connectivity index (χ1v) is 12.7. The van der Waals surface area contributed by atoms with Crippen molar-refractivity contribution in [3.05, 3.63) is 107 Å². The largest absolute Gasteiger partial charge is 0.478 e. The van der Waals surface area contributed by atoms with E-state index in [9.17, 15) is 14.3 Å². The van der Waals surface area contributed by atoms with Crippen molar-refractivity contribution in [3.8, 4) is 23.2 Å². The number of fused-ring (bicyclic) bond motifs is 1. The van der Waals surface area contributed by atoms with E-state index in [1.807, 2.05) is 34.9 Å². The first-order chi connectivity index (χ1) is 19.9. The van der Waals surface area contributed by atoms with E-state index >= 15 is 0 Å². The number of aromatic nitrogens is 3. The lowest BCUT2D eigenvalue weighted by molar-refractivity contribution is 0.0697. The molecule has 5 rings (SSSR count). The molecule has 41 heavy (non-hydrogen) atoms. The summed E-state index contributed by atoms with van der Waals surface area (Å²) < 4.78 is 27.2.